The van der Waals surface area contributed by atoms with Gasteiger partial charge in [0.25, 0.3) is 0 Å². The summed E-state index contributed by atoms with van der Waals surface area (Å²) in [4.78, 5) is 0. The zero-order chi connectivity index (χ0) is 5.41. The Morgan fingerprint density at radius 1 is 1.00 bits per heavy atom. The van der Waals surface area contributed by atoms with E-state index in [9.17, 15) is 0 Å². The van der Waals surface area contributed by atoms with Gasteiger partial charge in [-0.05, 0) is 0 Å². The van der Waals surface area contributed by atoms with Crippen molar-refractivity contribution in [2.75, 3.05) is 0 Å². The third kappa shape index (κ3) is 97.2. The van der Waals surface area contributed by atoms with Crippen LogP contribution in [0.1, 0.15) is 0 Å². The maximum atomic E-state index is 8.53. The van der Waals surface area contributed by atoms with Crippen LogP contribution in [-0.2, 0) is 7.56 Å². The molecule has 0 aliphatic heterocycles. The molecule has 4 nitrogen and oxygen atoms in total. The summed E-state index contributed by atoms with van der Waals surface area (Å²) in [6.07, 6.45) is 0. The Morgan fingerprint density at radius 3 is 1.00 bits per heavy atom. The Morgan fingerprint density at radius 2 is 1.00 bits per heavy atom. The number of hydrogen-bond acceptors (Lipinski definition) is 4. The van der Waals surface area contributed by atoms with Gasteiger partial charge in [-0.1, -0.05) is 0 Å². The maximum absolute atomic E-state index is 8.53. The molecule has 0 unspecified atom stereocenters. The quantitative estimate of drug-likeness (QED) is 0.408. The van der Waals surface area contributed by atoms with Gasteiger partial charge in [-0.25, -0.2) is 0 Å². The van der Waals surface area contributed by atoms with E-state index >= 15 is 0 Å². The van der Waals surface area contributed by atoms with Crippen molar-refractivity contribution in [3.8, 4) is 0 Å². The molecule has 0 aromatic carbocycles. The first-order chi connectivity index (χ1) is 2.83. The molecule has 0 aromatic rings. The average Bonchev–Trinajstić information content (AvgIpc) is 1.39. The Balaban J connectivity index is -0.0000000400. The van der Waals surface area contributed by atoms with Crippen molar-refractivity contribution < 1.29 is 15.8 Å². The van der Waals surface area contributed by atoms with E-state index < -0.39 is 31.4 Å². The molecule has 7 heavy (non-hydrogen) atoms. The first kappa shape index (κ1) is 15.8. The van der Waals surface area contributed by atoms with E-state index in [1.165, 1.54) is 0 Å². The second-order valence-electron chi connectivity index (χ2n) is 0.192. The van der Waals surface area contributed by atoms with E-state index in [4.69, 9.17) is 15.8 Å². The van der Waals surface area contributed by atoms with Gasteiger partial charge in [-0.15, -0.1) is 0 Å². The van der Waals surface area contributed by atoms with Crippen molar-refractivity contribution in [1.82, 2.24) is 0 Å². The zero-order valence-electron chi connectivity index (χ0n) is 3.49. The van der Waals surface area contributed by atoms with Crippen molar-refractivity contribution in [1.29, 1.82) is 0 Å². The van der Waals surface area contributed by atoms with Crippen LogP contribution in [0.25, 0.3) is 0 Å². The molecule has 0 amide bonds. The minimum atomic E-state index is -2.19. The average molecular weight is 251 g/mol. The van der Waals surface area contributed by atoms with Crippen LogP contribution < -0.4 is 8.27 Å². The molecule has 0 saturated heterocycles. The molecular weight excluding hydrogens is 249 g/mol. The van der Waals surface area contributed by atoms with Crippen molar-refractivity contribution >= 4 is 69.1 Å². The number of hydrogen-bond donors (Lipinski definition) is 0. The standard InChI is InChI=1S/Ca.2GeHO2/c;2*2-1-3/h;2*1H/q+2;2*-1. The van der Waals surface area contributed by atoms with Crippen molar-refractivity contribution in [2.45, 2.75) is 0 Å². The molecule has 0 heterocycles. The Bertz CT molecular complexity index is 30.7. The minimum absolute atomic E-state index is 0. The van der Waals surface area contributed by atoms with Gasteiger partial charge < -0.3 is 0 Å². The molecule has 0 rings (SSSR count). The summed E-state index contributed by atoms with van der Waals surface area (Å²) in [7, 11) is 0. The van der Waals surface area contributed by atoms with Crippen LogP contribution in [0.3, 0.4) is 0 Å². The molecule has 0 saturated carbocycles. The van der Waals surface area contributed by atoms with Gasteiger partial charge in [0, 0.05) is 0 Å². The second kappa shape index (κ2) is 25.7. The molecule has 7 heteroatoms. The summed E-state index contributed by atoms with van der Waals surface area (Å²) in [5, 5.41) is 0. The zero-order valence-corrected chi connectivity index (χ0v) is 10.5. The fourth-order valence-electron chi connectivity index (χ4n) is 0. The van der Waals surface area contributed by atoms with Crippen molar-refractivity contribution in [3.05, 3.63) is 0 Å². The van der Waals surface area contributed by atoms with E-state index in [1.807, 2.05) is 0 Å². The molecule has 0 fully saturated rings. The molecule has 0 aliphatic carbocycles. The summed E-state index contributed by atoms with van der Waals surface area (Å²) in [6.45, 7) is 0. The fourth-order valence-corrected chi connectivity index (χ4v) is 0. The third-order valence-corrected chi connectivity index (χ3v) is 0. The van der Waals surface area contributed by atoms with E-state index in [-0.39, 0.29) is 37.7 Å². The Hall–Kier alpha value is 1.55. The van der Waals surface area contributed by atoms with Crippen LogP contribution in [0.4, 0.5) is 0 Å². The predicted octanol–water partition coefficient (Wildman–Crippen LogP) is -4.29. The van der Waals surface area contributed by atoms with Gasteiger partial charge in [-0.3, -0.25) is 0 Å². The molecule has 0 atom stereocenters. The summed E-state index contributed by atoms with van der Waals surface area (Å²) in [5.74, 6) is 0. The SMILES string of the molecule is [Ca+2].[O]=[GeH][O-].[O]=[GeH][O-]. The molecule has 0 spiro atoms. The summed E-state index contributed by atoms with van der Waals surface area (Å²) in [5.41, 5.74) is 0. The van der Waals surface area contributed by atoms with E-state index in [1.54, 1.807) is 0 Å². The van der Waals surface area contributed by atoms with E-state index in [0.717, 1.165) is 0 Å². The van der Waals surface area contributed by atoms with Crippen LogP contribution >= 0.6 is 0 Å². The summed E-state index contributed by atoms with van der Waals surface area (Å²) in [6, 6.07) is 0. The van der Waals surface area contributed by atoms with Crippen molar-refractivity contribution in [2.24, 2.45) is 0 Å². The second-order valence-corrected chi connectivity index (χ2v) is 1.00. The molecule has 0 bridgehead atoms. The third-order valence-electron chi connectivity index (χ3n) is 0. The van der Waals surface area contributed by atoms with Crippen LogP contribution in [-0.4, -0.2) is 69.1 Å². The van der Waals surface area contributed by atoms with Crippen molar-refractivity contribution in [3.63, 3.8) is 0 Å². The Labute approximate surface area is 83.7 Å². The molecule has 0 radical (unpaired) electrons. The number of rotatable bonds is 0. The van der Waals surface area contributed by atoms with E-state index in [2.05, 4.69) is 0 Å². The molecular formula is H2CaGe2O4. The topological polar surface area (TPSA) is 80.3 Å². The van der Waals surface area contributed by atoms with Gasteiger partial charge in [0.05, 0.1) is 0 Å². The van der Waals surface area contributed by atoms with E-state index in [0.29, 0.717) is 0 Å². The van der Waals surface area contributed by atoms with Gasteiger partial charge in [0.2, 0.25) is 0 Å². The first-order valence-corrected chi connectivity index (χ1v) is 4.90. The Kier molecular flexibility index (Phi) is 58.1. The van der Waals surface area contributed by atoms with Gasteiger partial charge >= 0.3 is 85.0 Å². The van der Waals surface area contributed by atoms with Crippen LogP contribution in [0.2, 0.25) is 0 Å². The molecule has 0 aromatic heterocycles. The van der Waals surface area contributed by atoms with Gasteiger partial charge in [0.1, 0.15) is 0 Å². The van der Waals surface area contributed by atoms with Gasteiger partial charge in [-0.2, -0.15) is 0 Å². The molecule has 36 valence electrons. The predicted molar refractivity (Wildman–Crippen MR) is 21.4 cm³/mol. The van der Waals surface area contributed by atoms with Crippen LogP contribution in [0.5, 0.6) is 0 Å². The fraction of sp³-hybridized carbons (Fsp3) is 0. The molecule has 0 N–H and O–H groups in total. The summed E-state index contributed by atoms with van der Waals surface area (Å²) < 4.78 is 34.1. The summed E-state index contributed by atoms with van der Waals surface area (Å²) >= 11 is -4.38. The monoisotopic (exact) mass is 254 g/mol. The van der Waals surface area contributed by atoms with Crippen LogP contribution in [0, 0.1) is 0 Å². The normalized spacial score (nSPS) is 3.43. The molecule has 0 aliphatic rings. The first-order valence-electron chi connectivity index (χ1n) is 0.943. The van der Waals surface area contributed by atoms with Crippen LogP contribution in [0.15, 0.2) is 0 Å². The van der Waals surface area contributed by atoms with Gasteiger partial charge in [0.15, 0.2) is 0 Å².